The molecule has 1 amide bonds. The highest BCUT2D eigenvalue weighted by Gasteiger charge is 2.23. The third-order valence-corrected chi connectivity index (χ3v) is 7.29. The number of amides is 1. The fourth-order valence-electron chi connectivity index (χ4n) is 4.44. The molecule has 2 aromatic heterocycles. The third-order valence-electron chi connectivity index (χ3n) is 6.41. The van der Waals surface area contributed by atoms with Crippen LogP contribution in [-0.2, 0) is 6.54 Å². The Morgan fingerprint density at radius 1 is 1.31 bits per heavy atom. The molecule has 1 unspecified atom stereocenters. The molecule has 1 aliphatic heterocycles. The van der Waals surface area contributed by atoms with E-state index in [2.05, 4.69) is 45.6 Å². The first kappa shape index (κ1) is 24.7. The predicted octanol–water partition coefficient (Wildman–Crippen LogP) is 5.58. The third kappa shape index (κ3) is 5.80. The Balaban J connectivity index is 1.48. The minimum atomic E-state index is -0.108. The van der Waals surface area contributed by atoms with Crippen molar-refractivity contribution >= 4 is 41.1 Å². The maximum Gasteiger partial charge on any atom is 0.251 e. The van der Waals surface area contributed by atoms with Gasteiger partial charge in [-0.05, 0) is 74.2 Å². The van der Waals surface area contributed by atoms with Crippen molar-refractivity contribution in [1.29, 1.82) is 0 Å². The van der Waals surface area contributed by atoms with E-state index in [1.807, 2.05) is 49.7 Å². The first-order chi connectivity index (χ1) is 17.0. The largest absolute Gasteiger partial charge is 0.356 e. The average Bonchev–Trinajstić information content (AvgIpc) is 2.90. The van der Waals surface area contributed by atoms with Crippen LogP contribution >= 0.6 is 11.8 Å². The molecule has 0 aliphatic carbocycles. The van der Waals surface area contributed by atoms with Crippen molar-refractivity contribution < 1.29 is 4.79 Å². The van der Waals surface area contributed by atoms with Gasteiger partial charge in [-0.15, -0.1) is 11.8 Å². The van der Waals surface area contributed by atoms with Crippen molar-refractivity contribution in [2.45, 2.75) is 31.2 Å². The molecule has 1 aliphatic rings. The van der Waals surface area contributed by atoms with E-state index in [1.54, 1.807) is 18.0 Å². The minimum Gasteiger partial charge on any atom is -0.356 e. The van der Waals surface area contributed by atoms with Crippen LogP contribution in [0.15, 0.2) is 76.9 Å². The molecule has 4 rings (SSSR count). The summed E-state index contributed by atoms with van der Waals surface area (Å²) in [5.74, 6) is 1.20. The maximum absolute atomic E-state index is 12.7. The number of pyridine rings is 2. The zero-order valence-electron chi connectivity index (χ0n) is 20.3. The van der Waals surface area contributed by atoms with Gasteiger partial charge in [0.1, 0.15) is 5.82 Å². The van der Waals surface area contributed by atoms with Crippen LogP contribution in [0.2, 0.25) is 0 Å². The van der Waals surface area contributed by atoms with Crippen LogP contribution in [0.4, 0.5) is 5.82 Å². The normalized spacial score (nSPS) is 16.2. The number of allylic oxidation sites excluding steroid dienone is 1. The number of rotatable bonds is 8. The first-order valence-corrected chi connectivity index (χ1v) is 13.0. The SMILES string of the molecule is C=C/C(=C\N=C)C1CCCN(c2ccc3cnc(CNC(=O)c4ccc(C)c(SC)c4)cc3n2)C1. The van der Waals surface area contributed by atoms with E-state index < -0.39 is 0 Å². The Morgan fingerprint density at radius 2 is 2.17 bits per heavy atom. The number of aliphatic imine (C=N–C) groups is 1. The Hall–Kier alpha value is -3.45. The Morgan fingerprint density at radius 3 is 2.94 bits per heavy atom. The molecule has 3 heterocycles. The molecule has 7 heteroatoms. The number of benzene rings is 1. The molecule has 1 fully saturated rings. The smallest absolute Gasteiger partial charge is 0.251 e. The van der Waals surface area contributed by atoms with Crippen LogP contribution < -0.4 is 10.2 Å². The van der Waals surface area contributed by atoms with Crippen LogP contribution in [0.3, 0.4) is 0 Å². The van der Waals surface area contributed by atoms with E-state index in [-0.39, 0.29) is 5.91 Å². The lowest BCUT2D eigenvalue weighted by Gasteiger charge is -2.34. The van der Waals surface area contributed by atoms with Crippen molar-refractivity contribution in [3.8, 4) is 0 Å². The summed E-state index contributed by atoms with van der Waals surface area (Å²) in [5.41, 5.74) is 4.59. The fourth-order valence-corrected chi connectivity index (χ4v) is 5.08. The number of aryl methyl sites for hydroxylation is 1. The highest BCUT2D eigenvalue weighted by atomic mass is 32.2. The highest BCUT2D eigenvalue weighted by Crippen LogP contribution is 2.28. The Labute approximate surface area is 211 Å². The summed E-state index contributed by atoms with van der Waals surface area (Å²) in [6.45, 7) is 11.7. The van der Waals surface area contributed by atoms with E-state index >= 15 is 0 Å². The summed E-state index contributed by atoms with van der Waals surface area (Å²) >= 11 is 1.64. The molecule has 0 spiro atoms. The molecule has 35 heavy (non-hydrogen) atoms. The molecular formula is C28H31N5OS. The molecule has 0 radical (unpaired) electrons. The number of carbonyl (C=O) groups excluding carboxylic acids is 1. The quantitative estimate of drug-likeness (QED) is 0.256. The molecule has 180 valence electrons. The molecule has 0 saturated carbocycles. The van der Waals surface area contributed by atoms with Gasteiger partial charge in [0.15, 0.2) is 0 Å². The molecule has 6 nitrogen and oxygen atoms in total. The summed E-state index contributed by atoms with van der Waals surface area (Å²) in [5, 5.41) is 3.96. The van der Waals surface area contributed by atoms with Gasteiger partial charge in [-0.25, -0.2) is 4.98 Å². The number of carbonyl (C=O) groups is 1. The Kier molecular flexibility index (Phi) is 7.98. The topological polar surface area (TPSA) is 70.5 Å². The van der Waals surface area contributed by atoms with Crippen LogP contribution in [0, 0.1) is 12.8 Å². The van der Waals surface area contributed by atoms with E-state index in [9.17, 15) is 4.79 Å². The number of fused-ring (bicyclic) bond motifs is 1. The molecule has 0 bridgehead atoms. The zero-order valence-corrected chi connectivity index (χ0v) is 21.1. The van der Waals surface area contributed by atoms with Crippen LogP contribution in [0.25, 0.3) is 10.9 Å². The van der Waals surface area contributed by atoms with Crippen molar-refractivity contribution in [2.75, 3.05) is 24.2 Å². The number of aromatic nitrogens is 2. The predicted molar refractivity (Wildman–Crippen MR) is 146 cm³/mol. The highest BCUT2D eigenvalue weighted by molar-refractivity contribution is 7.98. The number of anilines is 1. The van der Waals surface area contributed by atoms with Gasteiger partial charge >= 0.3 is 0 Å². The fraction of sp³-hybridized carbons (Fsp3) is 0.286. The lowest BCUT2D eigenvalue weighted by Crippen LogP contribution is -2.36. The van der Waals surface area contributed by atoms with Crippen molar-refractivity contribution in [1.82, 2.24) is 15.3 Å². The van der Waals surface area contributed by atoms with E-state index in [1.165, 1.54) is 5.56 Å². The second kappa shape index (κ2) is 11.3. The molecular weight excluding hydrogens is 454 g/mol. The summed E-state index contributed by atoms with van der Waals surface area (Å²) < 4.78 is 0. The molecule has 3 aromatic rings. The van der Waals surface area contributed by atoms with Gasteiger partial charge in [0.05, 0.1) is 17.8 Å². The van der Waals surface area contributed by atoms with Gasteiger partial charge in [-0.3, -0.25) is 14.8 Å². The number of nitrogens with one attached hydrogen (secondary N) is 1. The molecule has 1 aromatic carbocycles. The number of hydrogen-bond donors (Lipinski definition) is 1. The lowest BCUT2D eigenvalue weighted by molar-refractivity contribution is 0.0950. The second-order valence-corrected chi connectivity index (χ2v) is 9.55. The monoisotopic (exact) mass is 485 g/mol. The number of hydrogen-bond acceptors (Lipinski definition) is 6. The zero-order chi connectivity index (χ0) is 24.8. The van der Waals surface area contributed by atoms with Gasteiger partial charge in [-0.1, -0.05) is 18.7 Å². The number of piperidine rings is 1. The van der Waals surface area contributed by atoms with Gasteiger partial charge in [0.2, 0.25) is 0 Å². The van der Waals surface area contributed by atoms with Gasteiger partial charge in [0.25, 0.3) is 5.91 Å². The van der Waals surface area contributed by atoms with Crippen molar-refractivity contribution in [3.63, 3.8) is 0 Å². The molecule has 1 saturated heterocycles. The van der Waals surface area contributed by atoms with Gasteiger partial charge in [-0.2, -0.15) is 0 Å². The molecule has 1 atom stereocenters. The standard InChI is InChI=1S/C28H31N5OS/c1-5-20(15-29-3)23-7-6-12-33(18-23)27-11-10-22-16-30-24(14-25(22)32-27)17-31-28(34)21-9-8-19(2)26(13-21)35-4/h5,8-11,13-16,23H,1,3,6-7,12,17-18H2,2,4H3,(H,31,34)/b20-15+. The van der Waals surface area contributed by atoms with Gasteiger partial charge in [0, 0.05) is 47.2 Å². The van der Waals surface area contributed by atoms with Crippen LogP contribution in [-0.4, -0.2) is 41.9 Å². The van der Waals surface area contributed by atoms with E-state index in [0.29, 0.717) is 18.0 Å². The summed E-state index contributed by atoms with van der Waals surface area (Å²) in [6, 6.07) is 11.8. The van der Waals surface area contributed by atoms with Gasteiger partial charge < -0.3 is 10.2 Å². The number of thioether (sulfide) groups is 1. The minimum absolute atomic E-state index is 0.108. The van der Waals surface area contributed by atoms with E-state index in [0.717, 1.165) is 58.8 Å². The van der Waals surface area contributed by atoms with Crippen molar-refractivity contribution in [2.24, 2.45) is 10.9 Å². The average molecular weight is 486 g/mol. The number of nitrogens with zero attached hydrogens (tertiary/aromatic N) is 4. The molecule has 1 N–H and O–H groups in total. The van der Waals surface area contributed by atoms with Crippen LogP contribution in [0.1, 0.15) is 34.5 Å². The summed E-state index contributed by atoms with van der Waals surface area (Å²) in [6.07, 6.45) is 9.70. The lowest BCUT2D eigenvalue weighted by atomic mass is 9.91. The van der Waals surface area contributed by atoms with Crippen molar-refractivity contribution in [3.05, 3.63) is 83.8 Å². The van der Waals surface area contributed by atoms with Crippen LogP contribution in [0.5, 0.6) is 0 Å². The second-order valence-electron chi connectivity index (χ2n) is 8.71. The summed E-state index contributed by atoms with van der Waals surface area (Å²) in [4.78, 5) is 29.5. The summed E-state index contributed by atoms with van der Waals surface area (Å²) in [7, 11) is 0. The first-order valence-electron chi connectivity index (χ1n) is 11.7. The maximum atomic E-state index is 12.7. The Bertz CT molecular complexity index is 1290. The van der Waals surface area contributed by atoms with E-state index in [4.69, 9.17) is 4.98 Å².